The maximum absolute atomic E-state index is 12.5. The highest BCUT2D eigenvalue weighted by atomic mass is 16.2. The van der Waals surface area contributed by atoms with Crippen LogP contribution in [0, 0.1) is 0 Å². The number of carbonyl (C=O) groups excluding carboxylic acids is 2. The molecule has 2 aromatic carbocycles. The van der Waals surface area contributed by atoms with Crippen LogP contribution in [0.15, 0.2) is 60.7 Å². The molecule has 2 N–H and O–H groups in total. The number of nitrogens with zero attached hydrogens (tertiary/aromatic N) is 1. The molecule has 1 atom stereocenters. The van der Waals surface area contributed by atoms with Crippen molar-refractivity contribution in [3.63, 3.8) is 0 Å². The van der Waals surface area contributed by atoms with Gasteiger partial charge in [0.2, 0.25) is 5.91 Å². The van der Waals surface area contributed by atoms with Gasteiger partial charge in [-0.3, -0.25) is 9.59 Å². The van der Waals surface area contributed by atoms with Gasteiger partial charge in [0.05, 0.1) is 12.5 Å². The second-order valence-corrected chi connectivity index (χ2v) is 6.38. The van der Waals surface area contributed by atoms with Gasteiger partial charge in [-0.1, -0.05) is 62.4 Å². The first-order valence-electron chi connectivity index (χ1n) is 9.54. The maximum atomic E-state index is 12.5. The number of hydrogen-bond acceptors (Lipinski definition) is 3. The lowest BCUT2D eigenvalue weighted by Crippen LogP contribution is -2.37. The maximum Gasteiger partial charge on any atom is 0.251 e. The first-order valence-corrected chi connectivity index (χ1v) is 9.54. The Balaban J connectivity index is 1.98. The van der Waals surface area contributed by atoms with Crippen LogP contribution in [0.5, 0.6) is 0 Å². The largest absolute Gasteiger partial charge is 0.355 e. The average Bonchev–Trinajstić information content (AvgIpc) is 2.72. The van der Waals surface area contributed by atoms with E-state index in [1.54, 1.807) is 12.1 Å². The molecule has 0 heterocycles. The number of carbonyl (C=O) groups is 2. The average molecular weight is 367 g/mol. The van der Waals surface area contributed by atoms with Crippen molar-refractivity contribution >= 4 is 11.8 Å². The Labute approximate surface area is 161 Å². The number of rotatable bonds is 10. The summed E-state index contributed by atoms with van der Waals surface area (Å²) < 4.78 is 0. The smallest absolute Gasteiger partial charge is 0.251 e. The Kier molecular flexibility index (Phi) is 8.52. The molecule has 5 heteroatoms. The van der Waals surface area contributed by atoms with Gasteiger partial charge < -0.3 is 15.5 Å². The summed E-state index contributed by atoms with van der Waals surface area (Å²) in [7, 11) is 0. The topological polar surface area (TPSA) is 61.4 Å². The van der Waals surface area contributed by atoms with Gasteiger partial charge in [0, 0.05) is 18.7 Å². The third-order valence-corrected chi connectivity index (χ3v) is 4.58. The lowest BCUT2D eigenvalue weighted by Gasteiger charge is -2.21. The van der Waals surface area contributed by atoms with Gasteiger partial charge in [-0.2, -0.15) is 0 Å². The Morgan fingerprint density at radius 1 is 0.926 bits per heavy atom. The number of amides is 2. The van der Waals surface area contributed by atoms with E-state index in [4.69, 9.17) is 0 Å². The molecule has 2 aromatic rings. The number of hydrogen-bond donors (Lipinski definition) is 2. The predicted molar refractivity (Wildman–Crippen MR) is 109 cm³/mol. The summed E-state index contributed by atoms with van der Waals surface area (Å²) in [5.74, 6) is -0.246. The van der Waals surface area contributed by atoms with Gasteiger partial charge in [0.25, 0.3) is 5.91 Å². The summed E-state index contributed by atoms with van der Waals surface area (Å²) in [6, 6.07) is 18.3. The molecule has 0 unspecified atom stereocenters. The fourth-order valence-corrected chi connectivity index (χ4v) is 2.92. The molecular weight excluding hydrogens is 338 g/mol. The quantitative estimate of drug-likeness (QED) is 0.679. The van der Waals surface area contributed by atoms with E-state index in [2.05, 4.69) is 29.4 Å². The van der Waals surface area contributed by atoms with Crippen LogP contribution in [-0.2, 0) is 4.79 Å². The minimum Gasteiger partial charge on any atom is -0.355 e. The molecule has 0 aliphatic carbocycles. The van der Waals surface area contributed by atoms with Crippen molar-refractivity contribution in [1.82, 2.24) is 15.5 Å². The zero-order chi connectivity index (χ0) is 19.5. The van der Waals surface area contributed by atoms with Crippen LogP contribution >= 0.6 is 0 Å². The summed E-state index contributed by atoms with van der Waals surface area (Å²) in [5, 5.41) is 5.95. The van der Waals surface area contributed by atoms with Crippen molar-refractivity contribution in [1.29, 1.82) is 0 Å². The number of benzene rings is 2. The van der Waals surface area contributed by atoms with Crippen molar-refractivity contribution in [3.8, 4) is 0 Å². The van der Waals surface area contributed by atoms with Gasteiger partial charge in [-0.05, 0) is 30.8 Å². The SMILES string of the molecule is CCN(CC)CCNC(=O)C[C@H](NC(=O)c1ccccc1)c1ccccc1. The lowest BCUT2D eigenvalue weighted by molar-refractivity contribution is -0.121. The summed E-state index contributed by atoms with van der Waals surface area (Å²) in [5.41, 5.74) is 1.50. The minimum atomic E-state index is -0.368. The molecule has 144 valence electrons. The standard InChI is InChI=1S/C22H29N3O2/c1-3-25(4-2)16-15-23-21(26)17-20(18-11-7-5-8-12-18)24-22(27)19-13-9-6-10-14-19/h5-14,20H,3-4,15-17H2,1-2H3,(H,23,26)(H,24,27)/t20-/m0/s1. The van der Waals surface area contributed by atoms with Crippen LogP contribution in [0.3, 0.4) is 0 Å². The molecule has 0 aliphatic heterocycles. The Morgan fingerprint density at radius 3 is 2.11 bits per heavy atom. The van der Waals surface area contributed by atoms with Crippen molar-refractivity contribution in [3.05, 3.63) is 71.8 Å². The van der Waals surface area contributed by atoms with E-state index in [-0.39, 0.29) is 24.3 Å². The Hall–Kier alpha value is -2.66. The zero-order valence-corrected chi connectivity index (χ0v) is 16.2. The fraction of sp³-hybridized carbons (Fsp3) is 0.364. The molecule has 0 spiro atoms. The van der Waals surface area contributed by atoms with Gasteiger partial charge in [0.1, 0.15) is 0 Å². The second kappa shape index (κ2) is 11.1. The number of nitrogens with one attached hydrogen (secondary N) is 2. The normalized spacial score (nSPS) is 11.8. The molecule has 0 saturated heterocycles. The summed E-state index contributed by atoms with van der Waals surface area (Å²) in [6.45, 7) is 7.57. The molecule has 27 heavy (non-hydrogen) atoms. The van der Waals surface area contributed by atoms with Gasteiger partial charge in [-0.25, -0.2) is 0 Å². The van der Waals surface area contributed by atoms with Crippen LogP contribution in [0.4, 0.5) is 0 Å². The van der Waals surface area contributed by atoms with E-state index in [9.17, 15) is 9.59 Å². The van der Waals surface area contributed by atoms with E-state index >= 15 is 0 Å². The highest BCUT2D eigenvalue weighted by Crippen LogP contribution is 2.17. The van der Waals surface area contributed by atoms with E-state index < -0.39 is 0 Å². The lowest BCUT2D eigenvalue weighted by atomic mass is 10.0. The first-order chi connectivity index (χ1) is 13.1. The highest BCUT2D eigenvalue weighted by Gasteiger charge is 2.19. The highest BCUT2D eigenvalue weighted by molar-refractivity contribution is 5.94. The molecule has 0 fully saturated rings. The summed E-state index contributed by atoms with van der Waals surface area (Å²) in [6.07, 6.45) is 0.209. The molecule has 0 bridgehead atoms. The molecule has 5 nitrogen and oxygen atoms in total. The molecule has 0 radical (unpaired) electrons. The molecular formula is C22H29N3O2. The zero-order valence-electron chi connectivity index (χ0n) is 16.2. The third-order valence-electron chi connectivity index (χ3n) is 4.58. The Bertz CT molecular complexity index is 700. The van der Waals surface area contributed by atoms with Crippen LogP contribution in [0.1, 0.15) is 42.2 Å². The van der Waals surface area contributed by atoms with Gasteiger partial charge in [0.15, 0.2) is 0 Å². The first kappa shape index (κ1) is 20.6. The third kappa shape index (κ3) is 6.87. The molecule has 2 amide bonds. The minimum absolute atomic E-state index is 0.0654. The summed E-state index contributed by atoms with van der Waals surface area (Å²) in [4.78, 5) is 27.2. The second-order valence-electron chi connectivity index (χ2n) is 6.38. The molecule has 0 aliphatic rings. The van der Waals surface area contributed by atoms with Gasteiger partial charge >= 0.3 is 0 Å². The predicted octanol–water partition coefficient (Wildman–Crippen LogP) is 3.01. The molecule has 0 aromatic heterocycles. The van der Waals surface area contributed by atoms with Crippen molar-refractivity contribution in [2.75, 3.05) is 26.2 Å². The van der Waals surface area contributed by atoms with E-state index in [1.807, 2.05) is 48.5 Å². The Morgan fingerprint density at radius 2 is 1.52 bits per heavy atom. The fourth-order valence-electron chi connectivity index (χ4n) is 2.92. The van der Waals surface area contributed by atoms with Crippen LogP contribution in [0.2, 0.25) is 0 Å². The van der Waals surface area contributed by atoms with E-state index in [1.165, 1.54) is 0 Å². The van der Waals surface area contributed by atoms with Crippen LogP contribution in [0.25, 0.3) is 0 Å². The molecule has 2 rings (SSSR count). The summed E-state index contributed by atoms with van der Waals surface area (Å²) >= 11 is 0. The van der Waals surface area contributed by atoms with Crippen molar-refractivity contribution < 1.29 is 9.59 Å². The van der Waals surface area contributed by atoms with Gasteiger partial charge in [-0.15, -0.1) is 0 Å². The molecule has 0 saturated carbocycles. The van der Waals surface area contributed by atoms with Crippen molar-refractivity contribution in [2.24, 2.45) is 0 Å². The van der Waals surface area contributed by atoms with E-state index in [0.717, 1.165) is 25.2 Å². The monoisotopic (exact) mass is 367 g/mol. The van der Waals surface area contributed by atoms with Crippen LogP contribution < -0.4 is 10.6 Å². The van der Waals surface area contributed by atoms with Crippen LogP contribution in [-0.4, -0.2) is 42.9 Å². The van der Waals surface area contributed by atoms with Crippen molar-refractivity contribution in [2.45, 2.75) is 26.3 Å². The number of likely N-dealkylation sites (N-methyl/N-ethyl adjacent to an activating group) is 1. The van der Waals surface area contributed by atoms with E-state index in [0.29, 0.717) is 12.1 Å².